The number of rotatable bonds is 5. The lowest BCUT2D eigenvalue weighted by molar-refractivity contribution is -0.109. The minimum atomic E-state index is 0.146. The first-order valence-corrected chi connectivity index (χ1v) is 6.25. The number of hydrogen-bond acceptors (Lipinski definition) is 1. The Balaban J connectivity index is 2.08. The Kier molecular flexibility index (Phi) is 3.42. The van der Waals surface area contributed by atoms with Crippen LogP contribution in [0.2, 0.25) is 0 Å². The molecule has 1 saturated carbocycles. The average Bonchev–Trinajstić information content (AvgIpc) is 3.05. The van der Waals surface area contributed by atoms with Crippen molar-refractivity contribution >= 4 is 6.29 Å². The zero-order valence-electron chi connectivity index (χ0n) is 10.1. The molecule has 0 aromatic heterocycles. The Bertz CT molecular complexity index is 346. The Morgan fingerprint density at radius 3 is 2.31 bits per heavy atom. The molecule has 86 valence electrons. The molecule has 0 spiro atoms. The third-order valence-corrected chi connectivity index (χ3v) is 3.29. The van der Waals surface area contributed by atoms with Gasteiger partial charge in [-0.3, -0.25) is 0 Å². The van der Waals surface area contributed by atoms with E-state index in [4.69, 9.17) is 0 Å². The van der Waals surface area contributed by atoms with Crippen LogP contribution in [0, 0.1) is 11.8 Å². The number of hydrogen-bond donors (Lipinski definition) is 0. The van der Waals surface area contributed by atoms with E-state index in [1.165, 1.54) is 24.0 Å². The van der Waals surface area contributed by atoms with Gasteiger partial charge >= 0.3 is 0 Å². The summed E-state index contributed by atoms with van der Waals surface area (Å²) in [5.41, 5.74) is 2.57. The van der Waals surface area contributed by atoms with Gasteiger partial charge in [-0.15, -0.1) is 0 Å². The van der Waals surface area contributed by atoms with Crippen LogP contribution >= 0.6 is 0 Å². The molecule has 16 heavy (non-hydrogen) atoms. The maximum absolute atomic E-state index is 11.0. The monoisotopic (exact) mass is 216 g/mol. The second kappa shape index (κ2) is 4.82. The molecule has 0 bridgehead atoms. The molecule has 0 saturated heterocycles. The first-order valence-electron chi connectivity index (χ1n) is 6.25. The van der Waals surface area contributed by atoms with Crippen LogP contribution in [0.4, 0.5) is 0 Å². The van der Waals surface area contributed by atoms with Crippen molar-refractivity contribution in [2.75, 3.05) is 0 Å². The van der Waals surface area contributed by atoms with Crippen LogP contribution in [-0.2, 0) is 11.2 Å². The van der Waals surface area contributed by atoms with Crippen LogP contribution < -0.4 is 0 Å². The van der Waals surface area contributed by atoms with Crippen molar-refractivity contribution in [3.63, 3.8) is 0 Å². The summed E-state index contributed by atoms with van der Waals surface area (Å²) in [5, 5.41) is 0. The summed E-state index contributed by atoms with van der Waals surface area (Å²) in [6, 6.07) is 8.62. The lowest BCUT2D eigenvalue weighted by atomic mass is 9.93. The smallest absolute Gasteiger partial charge is 0.127 e. The number of carbonyl (C=O) groups is 1. The summed E-state index contributed by atoms with van der Waals surface area (Å²) in [6.07, 6.45) is 4.68. The molecule has 1 unspecified atom stereocenters. The van der Waals surface area contributed by atoms with Crippen LogP contribution in [0.25, 0.3) is 0 Å². The van der Waals surface area contributed by atoms with Crippen molar-refractivity contribution in [1.29, 1.82) is 0 Å². The normalized spacial score (nSPS) is 17.4. The van der Waals surface area contributed by atoms with Crippen LogP contribution in [0.5, 0.6) is 0 Å². The fourth-order valence-corrected chi connectivity index (χ4v) is 2.26. The highest BCUT2D eigenvalue weighted by Crippen LogP contribution is 2.41. The molecular formula is C15H20O. The van der Waals surface area contributed by atoms with Crippen molar-refractivity contribution in [3.05, 3.63) is 35.4 Å². The molecule has 1 aromatic rings. The van der Waals surface area contributed by atoms with Gasteiger partial charge in [0.25, 0.3) is 0 Å². The van der Waals surface area contributed by atoms with E-state index >= 15 is 0 Å². The maximum atomic E-state index is 11.0. The molecule has 1 aliphatic rings. The highest BCUT2D eigenvalue weighted by molar-refractivity contribution is 5.63. The van der Waals surface area contributed by atoms with Gasteiger partial charge in [0.2, 0.25) is 0 Å². The van der Waals surface area contributed by atoms with Crippen molar-refractivity contribution in [1.82, 2.24) is 0 Å². The predicted octanol–water partition coefficient (Wildman–Crippen LogP) is 3.58. The molecule has 1 heteroatoms. The molecule has 1 nitrogen and oxygen atoms in total. The van der Waals surface area contributed by atoms with Crippen LogP contribution in [0.1, 0.15) is 43.7 Å². The number of aldehydes is 1. The van der Waals surface area contributed by atoms with E-state index in [9.17, 15) is 4.79 Å². The predicted molar refractivity (Wildman–Crippen MR) is 66.5 cm³/mol. The Labute approximate surface area is 97.9 Å². The van der Waals surface area contributed by atoms with Gasteiger partial charge in [0.1, 0.15) is 6.29 Å². The summed E-state index contributed by atoms with van der Waals surface area (Å²) in [4.78, 5) is 11.0. The Morgan fingerprint density at radius 1 is 1.25 bits per heavy atom. The number of benzene rings is 1. The van der Waals surface area contributed by atoms with E-state index in [0.717, 1.165) is 12.7 Å². The molecule has 1 atom stereocenters. The number of carbonyl (C=O) groups excluding carboxylic acids is 1. The highest BCUT2D eigenvalue weighted by atomic mass is 16.1. The van der Waals surface area contributed by atoms with Gasteiger partial charge in [-0.05, 0) is 42.2 Å². The summed E-state index contributed by atoms with van der Waals surface area (Å²) in [7, 11) is 0. The zero-order chi connectivity index (χ0) is 11.5. The van der Waals surface area contributed by atoms with Crippen molar-refractivity contribution in [2.45, 2.75) is 39.0 Å². The molecule has 0 radical (unpaired) electrons. The first kappa shape index (κ1) is 11.4. The Morgan fingerprint density at radius 2 is 1.88 bits per heavy atom. The average molecular weight is 216 g/mol. The van der Waals surface area contributed by atoms with Crippen LogP contribution in [0.15, 0.2) is 24.3 Å². The van der Waals surface area contributed by atoms with E-state index in [1.54, 1.807) is 0 Å². The molecule has 0 aliphatic heterocycles. The van der Waals surface area contributed by atoms with Gasteiger partial charge in [-0.2, -0.15) is 0 Å². The summed E-state index contributed by atoms with van der Waals surface area (Å²) >= 11 is 0. The van der Waals surface area contributed by atoms with E-state index in [0.29, 0.717) is 11.8 Å². The quantitative estimate of drug-likeness (QED) is 0.688. The van der Waals surface area contributed by atoms with E-state index in [-0.39, 0.29) is 5.92 Å². The second-order valence-electron chi connectivity index (χ2n) is 5.34. The van der Waals surface area contributed by atoms with Gasteiger partial charge in [0, 0.05) is 5.92 Å². The zero-order valence-corrected chi connectivity index (χ0v) is 10.1. The highest BCUT2D eigenvalue weighted by Gasteiger charge is 2.31. The molecule has 1 aromatic carbocycles. The van der Waals surface area contributed by atoms with Gasteiger partial charge in [-0.25, -0.2) is 0 Å². The van der Waals surface area contributed by atoms with Crippen molar-refractivity contribution < 1.29 is 4.79 Å². The maximum Gasteiger partial charge on any atom is 0.127 e. The third-order valence-electron chi connectivity index (χ3n) is 3.29. The molecular weight excluding hydrogens is 196 g/mol. The molecule has 1 fully saturated rings. The molecule has 1 aliphatic carbocycles. The lowest BCUT2D eigenvalue weighted by Crippen LogP contribution is -2.03. The van der Waals surface area contributed by atoms with E-state index in [2.05, 4.69) is 38.1 Å². The molecule has 2 rings (SSSR count). The molecule has 0 heterocycles. The molecule has 0 amide bonds. The third kappa shape index (κ3) is 2.72. The minimum Gasteiger partial charge on any atom is -0.303 e. The largest absolute Gasteiger partial charge is 0.303 e. The fraction of sp³-hybridized carbons (Fsp3) is 0.533. The van der Waals surface area contributed by atoms with Gasteiger partial charge in [0.05, 0.1) is 0 Å². The molecule has 0 N–H and O–H groups in total. The lowest BCUT2D eigenvalue weighted by Gasteiger charge is -2.11. The standard InChI is InChI=1S/C15H20O/c1-11(2)9-12-3-5-13(6-4-12)15(10-16)14-7-8-14/h3-6,10-11,14-15H,7-9H2,1-2H3. The summed E-state index contributed by atoms with van der Waals surface area (Å²) in [5.74, 6) is 1.46. The van der Waals surface area contributed by atoms with Gasteiger partial charge in [0.15, 0.2) is 0 Å². The Hall–Kier alpha value is -1.11. The van der Waals surface area contributed by atoms with Gasteiger partial charge in [-0.1, -0.05) is 38.1 Å². The summed E-state index contributed by atoms with van der Waals surface area (Å²) < 4.78 is 0. The van der Waals surface area contributed by atoms with E-state index < -0.39 is 0 Å². The topological polar surface area (TPSA) is 17.1 Å². The SMILES string of the molecule is CC(C)Cc1ccc(C(C=O)C2CC2)cc1. The summed E-state index contributed by atoms with van der Waals surface area (Å²) in [6.45, 7) is 4.46. The minimum absolute atomic E-state index is 0.146. The second-order valence-corrected chi connectivity index (χ2v) is 5.34. The van der Waals surface area contributed by atoms with Crippen LogP contribution in [0.3, 0.4) is 0 Å². The first-order chi connectivity index (χ1) is 7.70. The van der Waals surface area contributed by atoms with E-state index in [1.807, 2.05) is 0 Å². The van der Waals surface area contributed by atoms with Crippen molar-refractivity contribution in [2.24, 2.45) is 11.8 Å². The van der Waals surface area contributed by atoms with Crippen molar-refractivity contribution in [3.8, 4) is 0 Å². The van der Waals surface area contributed by atoms with Gasteiger partial charge < -0.3 is 4.79 Å². The fourth-order valence-electron chi connectivity index (χ4n) is 2.26. The van der Waals surface area contributed by atoms with Crippen LogP contribution in [-0.4, -0.2) is 6.29 Å².